The van der Waals surface area contributed by atoms with Crippen molar-refractivity contribution in [1.82, 2.24) is 20.1 Å². The standard InChI is InChI=1S/C19H28N6O2/c1-4-14-12-16(21-19(20-14)24-8-10-26-11-9-24)25-7-5-6-15(25)18-22-17(13(2)3)23-27-18/h12-13,15H,4-11H2,1-3H3/t15-/m0/s1. The van der Waals surface area contributed by atoms with Crippen molar-refractivity contribution in [3.63, 3.8) is 0 Å². The van der Waals surface area contributed by atoms with E-state index in [1.807, 2.05) is 0 Å². The molecule has 2 aliphatic rings. The third-order valence-corrected chi connectivity index (χ3v) is 5.22. The summed E-state index contributed by atoms with van der Waals surface area (Å²) >= 11 is 0. The van der Waals surface area contributed by atoms with Crippen molar-refractivity contribution in [3.05, 3.63) is 23.5 Å². The van der Waals surface area contributed by atoms with E-state index in [1.54, 1.807) is 0 Å². The van der Waals surface area contributed by atoms with Crippen LogP contribution < -0.4 is 9.80 Å². The predicted molar refractivity (Wildman–Crippen MR) is 102 cm³/mol. The van der Waals surface area contributed by atoms with Crippen LogP contribution in [0.1, 0.15) is 63.0 Å². The fourth-order valence-electron chi connectivity index (χ4n) is 3.62. The second-order valence-corrected chi connectivity index (χ2v) is 7.47. The first-order valence-electron chi connectivity index (χ1n) is 9.96. The van der Waals surface area contributed by atoms with E-state index >= 15 is 0 Å². The number of nitrogens with zero attached hydrogens (tertiary/aromatic N) is 6. The van der Waals surface area contributed by atoms with E-state index in [4.69, 9.17) is 19.2 Å². The first-order valence-corrected chi connectivity index (χ1v) is 9.96. The maximum Gasteiger partial charge on any atom is 0.249 e. The molecule has 0 saturated carbocycles. The molecule has 0 aliphatic carbocycles. The fraction of sp³-hybridized carbons (Fsp3) is 0.684. The Kier molecular flexibility index (Phi) is 5.24. The van der Waals surface area contributed by atoms with Crippen LogP contribution in [0, 0.1) is 0 Å². The van der Waals surface area contributed by atoms with Gasteiger partial charge in [-0.15, -0.1) is 0 Å². The van der Waals surface area contributed by atoms with Gasteiger partial charge in [0.25, 0.3) is 0 Å². The molecule has 27 heavy (non-hydrogen) atoms. The molecular formula is C19H28N6O2. The normalized spacial score (nSPS) is 20.7. The molecule has 4 heterocycles. The summed E-state index contributed by atoms with van der Waals surface area (Å²) in [6.07, 6.45) is 2.96. The molecule has 2 fully saturated rings. The molecular weight excluding hydrogens is 344 g/mol. The Hall–Kier alpha value is -2.22. The van der Waals surface area contributed by atoms with Crippen LogP contribution in [-0.4, -0.2) is 53.0 Å². The van der Waals surface area contributed by atoms with Gasteiger partial charge in [0.15, 0.2) is 5.82 Å². The summed E-state index contributed by atoms with van der Waals surface area (Å²) in [6.45, 7) is 10.3. The predicted octanol–water partition coefficient (Wildman–Crippen LogP) is 2.72. The molecule has 2 aliphatic heterocycles. The van der Waals surface area contributed by atoms with Gasteiger partial charge in [-0.05, 0) is 19.3 Å². The van der Waals surface area contributed by atoms with Crippen molar-refractivity contribution < 1.29 is 9.26 Å². The van der Waals surface area contributed by atoms with Crippen LogP contribution in [0.3, 0.4) is 0 Å². The van der Waals surface area contributed by atoms with Crippen LogP contribution in [0.5, 0.6) is 0 Å². The summed E-state index contributed by atoms with van der Waals surface area (Å²) in [5.74, 6) is 3.47. The lowest BCUT2D eigenvalue weighted by Gasteiger charge is -2.29. The van der Waals surface area contributed by atoms with E-state index in [0.717, 1.165) is 75.4 Å². The average molecular weight is 372 g/mol. The largest absolute Gasteiger partial charge is 0.378 e. The van der Waals surface area contributed by atoms with Gasteiger partial charge in [-0.1, -0.05) is 25.9 Å². The summed E-state index contributed by atoms with van der Waals surface area (Å²) in [6, 6.07) is 2.18. The van der Waals surface area contributed by atoms with E-state index in [9.17, 15) is 0 Å². The molecule has 2 aromatic rings. The fourth-order valence-corrected chi connectivity index (χ4v) is 3.62. The minimum absolute atomic E-state index is 0.0853. The second kappa shape index (κ2) is 7.80. The molecule has 0 aromatic carbocycles. The number of hydrogen-bond donors (Lipinski definition) is 0. The Morgan fingerprint density at radius 1 is 1.15 bits per heavy atom. The van der Waals surface area contributed by atoms with Crippen LogP contribution in [0.25, 0.3) is 0 Å². The monoisotopic (exact) mass is 372 g/mol. The Bertz CT molecular complexity index is 771. The number of anilines is 2. The summed E-state index contributed by atoms with van der Waals surface area (Å²) in [5, 5.41) is 4.15. The minimum Gasteiger partial charge on any atom is -0.378 e. The van der Waals surface area contributed by atoms with Crippen LogP contribution in [0.2, 0.25) is 0 Å². The zero-order valence-electron chi connectivity index (χ0n) is 16.4. The zero-order chi connectivity index (χ0) is 18.8. The van der Waals surface area contributed by atoms with Gasteiger partial charge in [-0.2, -0.15) is 9.97 Å². The maximum absolute atomic E-state index is 5.59. The van der Waals surface area contributed by atoms with Gasteiger partial charge >= 0.3 is 0 Å². The number of aromatic nitrogens is 4. The van der Waals surface area contributed by atoms with Gasteiger partial charge in [0.1, 0.15) is 11.9 Å². The lowest BCUT2D eigenvalue weighted by atomic mass is 10.2. The van der Waals surface area contributed by atoms with Crippen molar-refractivity contribution in [2.45, 2.75) is 52.0 Å². The minimum atomic E-state index is 0.0853. The summed E-state index contributed by atoms with van der Waals surface area (Å²) < 4.78 is 11.1. The Morgan fingerprint density at radius 2 is 1.96 bits per heavy atom. The van der Waals surface area contributed by atoms with Crippen LogP contribution in [-0.2, 0) is 11.2 Å². The van der Waals surface area contributed by atoms with Crippen molar-refractivity contribution in [3.8, 4) is 0 Å². The molecule has 1 atom stereocenters. The van der Waals surface area contributed by atoms with Gasteiger partial charge in [0.05, 0.1) is 13.2 Å². The average Bonchev–Trinajstić information content (AvgIpc) is 3.37. The molecule has 8 heteroatoms. The number of aryl methyl sites for hydroxylation is 1. The Labute approximate surface area is 159 Å². The highest BCUT2D eigenvalue weighted by molar-refractivity contribution is 5.48. The Morgan fingerprint density at radius 3 is 2.67 bits per heavy atom. The van der Waals surface area contributed by atoms with E-state index in [1.165, 1.54) is 0 Å². The molecule has 4 rings (SSSR count). The molecule has 0 bridgehead atoms. The Balaban J connectivity index is 1.63. The van der Waals surface area contributed by atoms with Gasteiger partial charge in [-0.25, -0.2) is 4.98 Å². The highest BCUT2D eigenvalue weighted by Gasteiger charge is 2.32. The summed E-state index contributed by atoms with van der Waals surface area (Å²) in [7, 11) is 0. The second-order valence-electron chi connectivity index (χ2n) is 7.47. The third kappa shape index (κ3) is 3.76. The third-order valence-electron chi connectivity index (χ3n) is 5.22. The van der Waals surface area contributed by atoms with Gasteiger partial charge in [0.2, 0.25) is 11.8 Å². The molecule has 2 aromatic heterocycles. The maximum atomic E-state index is 5.59. The van der Waals surface area contributed by atoms with E-state index < -0.39 is 0 Å². The van der Waals surface area contributed by atoms with Gasteiger partial charge in [-0.3, -0.25) is 0 Å². The molecule has 0 radical (unpaired) electrons. The van der Waals surface area contributed by atoms with E-state index in [2.05, 4.69) is 46.8 Å². The number of morpholine rings is 1. The van der Waals surface area contributed by atoms with Gasteiger partial charge in [0, 0.05) is 37.3 Å². The van der Waals surface area contributed by atoms with Gasteiger partial charge < -0.3 is 19.1 Å². The topological polar surface area (TPSA) is 80.4 Å². The number of ether oxygens (including phenoxy) is 1. The van der Waals surface area contributed by atoms with Crippen LogP contribution in [0.4, 0.5) is 11.8 Å². The smallest absolute Gasteiger partial charge is 0.249 e. The quantitative estimate of drug-likeness (QED) is 0.792. The molecule has 0 N–H and O–H groups in total. The lowest BCUT2D eigenvalue weighted by molar-refractivity contribution is 0.122. The molecule has 8 nitrogen and oxygen atoms in total. The number of rotatable bonds is 5. The van der Waals surface area contributed by atoms with Crippen molar-refractivity contribution >= 4 is 11.8 Å². The summed E-state index contributed by atoms with van der Waals surface area (Å²) in [5.41, 5.74) is 1.06. The van der Waals surface area contributed by atoms with Crippen molar-refractivity contribution in [2.75, 3.05) is 42.6 Å². The van der Waals surface area contributed by atoms with Crippen LogP contribution >= 0.6 is 0 Å². The van der Waals surface area contributed by atoms with Crippen molar-refractivity contribution in [1.29, 1.82) is 0 Å². The molecule has 2 saturated heterocycles. The van der Waals surface area contributed by atoms with E-state index in [0.29, 0.717) is 5.89 Å². The molecule has 0 unspecified atom stereocenters. The molecule has 146 valence electrons. The summed E-state index contributed by atoms with van der Waals surface area (Å²) in [4.78, 5) is 18.8. The SMILES string of the molecule is CCc1cc(N2CCC[C@H]2c2nc(C(C)C)no2)nc(N2CCOCC2)n1. The number of hydrogen-bond acceptors (Lipinski definition) is 8. The molecule has 0 spiro atoms. The molecule has 0 amide bonds. The zero-order valence-corrected chi connectivity index (χ0v) is 16.4. The first kappa shape index (κ1) is 18.2. The highest BCUT2D eigenvalue weighted by atomic mass is 16.5. The van der Waals surface area contributed by atoms with Crippen molar-refractivity contribution in [2.24, 2.45) is 0 Å². The van der Waals surface area contributed by atoms with Crippen LogP contribution in [0.15, 0.2) is 10.6 Å². The van der Waals surface area contributed by atoms with E-state index in [-0.39, 0.29) is 12.0 Å². The first-order chi connectivity index (χ1) is 13.2. The highest BCUT2D eigenvalue weighted by Crippen LogP contribution is 2.35. The lowest BCUT2D eigenvalue weighted by Crippen LogP contribution is -2.38.